The highest BCUT2D eigenvalue weighted by Crippen LogP contribution is 2.50. The van der Waals surface area contributed by atoms with Gasteiger partial charge in [0.15, 0.2) is 0 Å². The van der Waals surface area contributed by atoms with Crippen LogP contribution in [0.5, 0.6) is 0 Å². The number of aryl methyl sites for hydroxylation is 1. The van der Waals surface area contributed by atoms with Crippen molar-refractivity contribution < 1.29 is 4.79 Å². The summed E-state index contributed by atoms with van der Waals surface area (Å²) >= 11 is 0. The van der Waals surface area contributed by atoms with E-state index >= 15 is 0 Å². The maximum Gasteiger partial charge on any atom is 0.233 e. The zero-order valence-electron chi connectivity index (χ0n) is 13.9. The van der Waals surface area contributed by atoms with Crippen molar-refractivity contribution in [1.29, 1.82) is 0 Å². The average molecular weight is 335 g/mol. The molecule has 0 aromatic heterocycles. The number of rotatable bonds is 2. The SMILES string of the molecule is Cc1cccc(C2(C(=O)N3CC[C@@H]4CNC[C@@H]4CC3)CC2)c1.Cl. The summed E-state index contributed by atoms with van der Waals surface area (Å²) < 4.78 is 0. The van der Waals surface area contributed by atoms with Gasteiger partial charge in [-0.3, -0.25) is 4.79 Å². The third kappa shape index (κ3) is 3.01. The molecule has 23 heavy (non-hydrogen) atoms. The molecule has 3 aliphatic rings. The summed E-state index contributed by atoms with van der Waals surface area (Å²) in [6.45, 7) is 6.32. The zero-order valence-corrected chi connectivity index (χ0v) is 14.7. The van der Waals surface area contributed by atoms with Gasteiger partial charge in [-0.1, -0.05) is 29.8 Å². The number of nitrogens with one attached hydrogen (secondary N) is 1. The van der Waals surface area contributed by atoms with Gasteiger partial charge in [0.2, 0.25) is 5.91 Å². The number of hydrogen-bond donors (Lipinski definition) is 1. The standard InChI is InChI=1S/C19H26N2O.ClH/c1-14-3-2-4-17(11-14)19(7-8-19)18(22)21-9-5-15-12-20-13-16(15)6-10-21;/h2-4,11,15-16,20H,5-10,12-13H2,1H3;1H/t15-,16+;. The lowest BCUT2D eigenvalue weighted by Gasteiger charge is -2.27. The van der Waals surface area contributed by atoms with Crippen LogP contribution in [0.3, 0.4) is 0 Å². The maximum absolute atomic E-state index is 13.2. The van der Waals surface area contributed by atoms with Gasteiger partial charge in [0, 0.05) is 13.1 Å². The first kappa shape index (κ1) is 16.8. The Morgan fingerprint density at radius 2 is 1.83 bits per heavy atom. The molecule has 2 atom stereocenters. The van der Waals surface area contributed by atoms with Gasteiger partial charge in [0.1, 0.15) is 0 Å². The molecule has 1 aliphatic carbocycles. The number of fused-ring (bicyclic) bond motifs is 1. The van der Waals surface area contributed by atoms with Crippen LogP contribution in [0, 0.1) is 18.8 Å². The van der Waals surface area contributed by atoms with E-state index in [9.17, 15) is 4.79 Å². The smallest absolute Gasteiger partial charge is 0.233 e. The Bertz CT molecular complexity index is 570. The van der Waals surface area contributed by atoms with Crippen molar-refractivity contribution in [2.24, 2.45) is 11.8 Å². The molecule has 2 saturated heterocycles. The molecule has 0 bridgehead atoms. The topological polar surface area (TPSA) is 32.3 Å². The Kier molecular flexibility index (Phi) is 4.70. The monoisotopic (exact) mass is 334 g/mol. The molecule has 1 saturated carbocycles. The maximum atomic E-state index is 13.2. The molecule has 3 nitrogen and oxygen atoms in total. The van der Waals surface area contributed by atoms with Gasteiger partial charge in [0.05, 0.1) is 5.41 Å². The number of hydrogen-bond acceptors (Lipinski definition) is 2. The molecule has 2 aliphatic heterocycles. The Morgan fingerprint density at radius 1 is 1.17 bits per heavy atom. The second-order valence-corrected chi connectivity index (χ2v) is 7.50. The van der Waals surface area contributed by atoms with Crippen molar-refractivity contribution in [2.75, 3.05) is 26.2 Å². The molecule has 1 N–H and O–H groups in total. The average Bonchev–Trinajstić information content (AvgIpc) is 3.26. The summed E-state index contributed by atoms with van der Waals surface area (Å²) in [4.78, 5) is 15.4. The van der Waals surface area contributed by atoms with Crippen LogP contribution in [0.15, 0.2) is 24.3 Å². The summed E-state index contributed by atoms with van der Waals surface area (Å²) in [5.41, 5.74) is 2.31. The number of amides is 1. The van der Waals surface area contributed by atoms with Crippen molar-refractivity contribution >= 4 is 18.3 Å². The first-order valence-corrected chi connectivity index (χ1v) is 8.76. The van der Waals surface area contributed by atoms with Crippen molar-refractivity contribution in [1.82, 2.24) is 10.2 Å². The molecule has 3 fully saturated rings. The van der Waals surface area contributed by atoms with Gasteiger partial charge < -0.3 is 10.2 Å². The lowest BCUT2D eigenvalue weighted by Crippen LogP contribution is -2.40. The third-order valence-electron chi connectivity index (χ3n) is 6.04. The number of halogens is 1. The van der Waals surface area contributed by atoms with E-state index in [2.05, 4.69) is 41.4 Å². The van der Waals surface area contributed by atoms with E-state index in [-0.39, 0.29) is 17.8 Å². The molecule has 2 heterocycles. The van der Waals surface area contributed by atoms with Crippen LogP contribution >= 0.6 is 12.4 Å². The summed E-state index contributed by atoms with van der Waals surface area (Å²) in [5, 5.41) is 3.51. The van der Waals surface area contributed by atoms with Crippen LogP contribution in [0.1, 0.15) is 36.8 Å². The number of benzene rings is 1. The van der Waals surface area contributed by atoms with Crippen LogP contribution in [0.25, 0.3) is 0 Å². The number of nitrogens with zero attached hydrogens (tertiary/aromatic N) is 1. The van der Waals surface area contributed by atoms with Crippen LogP contribution in [-0.2, 0) is 10.2 Å². The summed E-state index contributed by atoms with van der Waals surface area (Å²) in [6.07, 6.45) is 4.40. The lowest BCUT2D eigenvalue weighted by molar-refractivity contribution is -0.134. The molecule has 1 aromatic carbocycles. The molecule has 0 spiro atoms. The zero-order chi connectivity index (χ0) is 15.2. The quantitative estimate of drug-likeness (QED) is 0.902. The van der Waals surface area contributed by atoms with Gasteiger partial charge in [-0.15, -0.1) is 12.4 Å². The summed E-state index contributed by atoms with van der Waals surface area (Å²) in [5.74, 6) is 1.96. The minimum Gasteiger partial charge on any atom is -0.342 e. The molecular formula is C19H27ClN2O. The Hall–Kier alpha value is -1.06. The van der Waals surface area contributed by atoms with E-state index in [0.29, 0.717) is 5.91 Å². The van der Waals surface area contributed by atoms with Crippen LogP contribution < -0.4 is 5.32 Å². The van der Waals surface area contributed by atoms with Crippen molar-refractivity contribution in [3.63, 3.8) is 0 Å². The molecule has 1 amide bonds. The van der Waals surface area contributed by atoms with Crippen molar-refractivity contribution in [2.45, 2.75) is 38.0 Å². The normalized spacial score (nSPS) is 28.5. The summed E-state index contributed by atoms with van der Waals surface area (Å²) in [7, 11) is 0. The van der Waals surface area contributed by atoms with E-state index < -0.39 is 0 Å². The number of likely N-dealkylation sites (tertiary alicyclic amines) is 1. The van der Waals surface area contributed by atoms with Crippen molar-refractivity contribution in [3.05, 3.63) is 35.4 Å². The fourth-order valence-corrected chi connectivity index (χ4v) is 4.42. The Balaban J connectivity index is 0.00000156. The fraction of sp³-hybridized carbons (Fsp3) is 0.632. The predicted octanol–water partition coefficient (Wildman–Crippen LogP) is 2.91. The van der Waals surface area contributed by atoms with E-state index in [1.807, 2.05) is 0 Å². The molecule has 0 unspecified atom stereocenters. The van der Waals surface area contributed by atoms with E-state index in [1.54, 1.807) is 0 Å². The van der Waals surface area contributed by atoms with Gasteiger partial charge in [-0.2, -0.15) is 0 Å². The number of carbonyl (C=O) groups excluding carboxylic acids is 1. The molecule has 0 radical (unpaired) electrons. The molecule has 1 aromatic rings. The lowest BCUT2D eigenvalue weighted by atomic mass is 9.92. The highest BCUT2D eigenvalue weighted by atomic mass is 35.5. The minimum atomic E-state index is -0.191. The molecular weight excluding hydrogens is 308 g/mol. The minimum absolute atomic E-state index is 0. The Labute approximate surface area is 145 Å². The van der Waals surface area contributed by atoms with E-state index in [4.69, 9.17) is 0 Å². The van der Waals surface area contributed by atoms with Gasteiger partial charge in [0.25, 0.3) is 0 Å². The first-order valence-electron chi connectivity index (χ1n) is 8.76. The van der Waals surface area contributed by atoms with E-state index in [0.717, 1.165) is 50.9 Å². The highest BCUT2D eigenvalue weighted by molar-refractivity contribution is 5.91. The third-order valence-corrected chi connectivity index (χ3v) is 6.04. The number of carbonyl (C=O) groups is 1. The summed E-state index contributed by atoms with van der Waals surface area (Å²) in [6, 6.07) is 8.57. The van der Waals surface area contributed by atoms with Crippen LogP contribution in [-0.4, -0.2) is 37.0 Å². The van der Waals surface area contributed by atoms with Crippen LogP contribution in [0.4, 0.5) is 0 Å². The Morgan fingerprint density at radius 3 is 2.39 bits per heavy atom. The molecule has 126 valence electrons. The van der Waals surface area contributed by atoms with E-state index in [1.165, 1.54) is 24.0 Å². The first-order chi connectivity index (χ1) is 10.7. The van der Waals surface area contributed by atoms with Crippen molar-refractivity contribution in [3.8, 4) is 0 Å². The second-order valence-electron chi connectivity index (χ2n) is 7.50. The fourth-order valence-electron chi connectivity index (χ4n) is 4.42. The van der Waals surface area contributed by atoms with Gasteiger partial charge in [-0.05, 0) is 63.1 Å². The molecule has 4 heteroatoms. The molecule has 4 rings (SSSR count). The highest BCUT2D eigenvalue weighted by Gasteiger charge is 2.53. The van der Waals surface area contributed by atoms with Gasteiger partial charge in [-0.25, -0.2) is 0 Å². The second kappa shape index (κ2) is 6.45. The largest absolute Gasteiger partial charge is 0.342 e. The van der Waals surface area contributed by atoms with Gasteiger partial charge >= 0.3 is 0 Å². The predicted molar refractivity (Wildman–Crippen MR) is 95.0 cm³/mol. The van der Waals surface area contributed by atoms with Crippen LogP contribution in [0.2, 0.25) is 0 Å².